The Morgan fingerprint density at radius 1 is 1.00 bits per heavy atom. The van der Waals surface area contributed by atoms with Gasteiger partial charge in [0, 0.05) is 17.5 Å². The molecule has 4 aromatic rings. The monoisotopic (exact) mass is 448 g/mol. The summed E-state index contributed by atoms with van der Waals surface area (Å²) in [5, 5.41) is 10.0. The van der Waals surface area contributed by atoms with E-state index in [4.69, 9.17) is 5.73 Å². The van der Waals surface area contributed by atoms with E-state index < -0.39 is 0 Å². The smallest absolute Gasteiger partial charge is 0.253 e. The van der Waals surface area contributed by atoms with Crippen LogP contribution in [-0.4, -0.2) is 30.5 Å². The molecule has 3 N–H and O–H groups in total. The van der Waals surface area contributed by atoms with E-state index in [0.717, 1.165) is 28.0 Å². The van der Waals surface area contributed by atoms with E-state index in [1.165, 1.54) is 17.8 Å². The molecule has 0 radical (unpaired) electrons. The maximum Gasteiger partial charge on any atom is 0.253 e. The largest absolute Gasteiger partial charge is 0.383 e. The molecule has 0 unspecified atom stereocenters. The Balaban J connectivity index is 1.52. The number of hydrogen-bond donors (Lipinski definition) is 2. The molecule has 0 aliphatic heterocycles. The van der Waals surface area contributed by atoms with Gasteiger partial charge in [-0.2, -0.15) is 0 Å². The highest BCUT2D eigenvalue weighted by molar-refractivity contribution is 7.99. The van der Waals surface area contributed by atoms with Gasteiger partial charge in [-0.05, 0) is 17.7 Å². The van der Waals surface area contributed by atoms with E-state index in [2.05, 4.69) is 44.5 Å². The molecule has 0 bridgehead atoms. The lowest BCUT2D eigenvalue weighted by molar-refractivity contribution is 0.864. The summed E-state index contributed by atoms with van der Waals surface area (Å²) < 4.78 is 2.03. The van der Waals surface area contributed by atoms with Gasteiger partial charge in [-0.1, -0.05) is 84.2 Å². The van der Waals surface area contributed by atoms with Gasteiger partial charge in [0.05, 0.1) is 5.75 Å². The molecule has 2 heterocycles. The summed E-state index contributed by atoms with van der Waals surface area (Å²) in [6.07, 6.45) is 4.20. The number of benzene rings is 2. The van der Waals surface area contributed by atoms with Crippen LogP contribution in [0.1, 0.15) is 11.4 Å². The molecule has 156 valence electrons. The van der Waals surface area contributed by atoms with Crippen molar-refractivity contribution < 1.29 is 0 Å². The van der Waals surface area contributed by atoms with Crippen molar-refractivity contribution in [3.05, 3.63) is 94.5 Å². The molecule has 0 atom stereocenters. The minimum Gasteiger partial charge on any atom is -0.383 e. The fourth-order valence-corrected chi connectivity index (χ4v) is 4.42. The molecule has 2 aromatic carbocycles. The molecule has 7 nitrogen and oxygen atoms in total. The molecule has 2 aromatic heterocycles. The van der Waals surface area contributed by atoms with Gasteiger partial charge in [0.2, 0.25) is 0 Å². The molecule has 0 fully saturated rings. The normalized spacial score (nSPS) is 11.2. The Morgan fingerprint density at radius 3 is 2.48 bits per heavy atom. The van der Waals surface area contributed by atoms with E-state index in [1.54, 1.807) is 11.8 Å². The lowest BCUT2D eigenvalue weighted by atomic mass is 10.2. The van der Waals surface area contributed by atoms with Crippen molar-refractivity contribution in [1.82, 2.24) is 24.7 Å². The minimum absolute atomic E-state index is 0.192. The van der Waals surface area contributed by atoms with E-state index >= 15 is 0 Å². The van der Waals surface area contributed by atoms with E-state index in [1.807, 2.05) is 53.1 Å². The number of aromatic nitrogens is 5. The fraction of sp³-hybridized carbons (Fsp3) is 0.0909. The number of hydrogen-bond acceptors (Lipinski definition) is 7. The Hall–Kier alpha value is -3.30. The van der Waals surface area contributed by atoms with Crippen molar-refractivity contribution in [2.24, 2.45) is 0 Å². The topological polar surface area (TPSA) is 102 Å². The predicted molar refractivity (Wildman–Crippen MR) is 126 cm³/mol. The van der Waals surface area contributed by atoms with Crippen LogP contribution in [0.4, 0.5) is 5.82 Å². The second-order valence-corrected chi connectivity index (χ2v) is 8.41. The molecule has 0 saturated heterocycles. The number of para-hydroxylation sites is 1. The number of nitrogens with one attached hydrogen (secondary N) is 1. The van der Waals surface area contributed by atoms with Crippen molar-refractivity contribution in [3.63, 3.8) is 0 Å². The number of nitrogens with zero attached hydrogens (tertiary/aromatic N) is 4. The van der Waals surface area contributed by atoms with Gasteiger partial charge < -0.3 is 10.7 Å². The van der Waals surface area contributed by atoms with Crippen LogP contribution in [0.2, 0.25) is 0 Å². The first-order valence-electron chi connectivity index (χ1n) is 9.53. The summed E-state index contributed by atoms with van der Waals surface area (Å²) in [6.45, 7) is 0. The third kappa shape index (κ3) is 5.65. The number of anilines is 1. The van der Waals surface area contributed by atoms with E-state index in [9.17, 15) is 4.79 Å². The van der Waals surface area contributed by atoms with Gasteiger partial charge in [-0.3, -0.25) is 9.36 Å². The minimum atomic E-state index is -0.277. The lowest BCUT2D eigenvalue weighted by Crippen LogP contribution is -2.09. The van der Waals surface area contributed by atoms with Crippen LogP contribution in [0.15, 0.2) is 87.9 Å². The molecular formula is C22H20N6OS2. The highest BCUT2D eigenvalue weighted by atomic mass is 32.2. The number of nitrogens with two attached hydrogens (primary N) is 1. The van der Waals surface area contributed by atoms with Crippen LogP contribution in [0.25, 0.3) is 11.8 Å². The first kappa shape index (κ1) is 21.0. The molecule has 0 spiro atoms. The molecular weight excluding hydrogens is 428 g/mol. The Morgan fingerprint density at radius 2 is 1.74 bits per heavy atom. The first-order valence-corrected chi connectivity index (χ1v) is 11.5. The second-order valence-electron chi connectivity index (χ2n) is 6.46. The SMILES string of the molecule is Nc1cc(=O)[nH]c(SCc2nnc(SC/C=C/c3ccccc3)n2-c2ccccc2)n1. The highest BCUT2D eigenvalue weighted by Crippen LogP contribution is 2.26. The average molecular weight is 449 g/mol. The van der Waals surface area contributed by atoms with Crippen LogP contribution >= 0.6 is 23.5 Å². The fourth-order valence-electron chi connectivity index (χ4n) is 2.85. The van der Waals surface area contributed by atoms with Crippen molar-refractivity contribution >= 4 is 35.4 Å². The van der Waals surface area contributed by atoms with E-state index in [-0.39, 0.29) is 11.4 Å². The zero-order valence-corrected chi connectivity index (χ0v) is 18.1. The van der Waals surface area contributed by atoms with Crippen molar-refractivity contribution in [2.45, 2.75) is 16.1 Å². The molecule has 9 heteroatoms. The maximum atomic E-state index is 11.6. The third-order valence-electron chi connectivity index (χ3n) is 4.21. The van der Waals surface area contributed by atoms with Crippen molar-refractivity contribution in [1.29, 1.82) is 0 Å². The van der Waals surface area contributed by atoms with Gasteiger partial charge >= 0.3 is 0 Å². The number of rotatable bonds is 8. The number of H-pyrrole nitrogens is 1. The summed E-state index contributed by atoms with van der Waals surface area (Å²) in [6, 6.07) is 21.4. The third-order valence-corrected chi connectivity index (χ3v) is 5.96. The summed E-state index contributed by atoms with van der Waals surface area (Å²) in [7, 11) is 0. The van der Waals surface area contributed by atoms with Crippen molar-refractivity contribution in [2.75, 3.05) is 11.5 Å². The second kappa shape index (κ2) is 10.1. The zero-order valence-electron chi connectivity index (χ0n) is 16.5. The van der Waals surface area contributed by atoms with Crippen LogP contribution in [0.5, 0.6) is 0 Å². The summed E-state index contributed by atoms with van der Waals surface area (Å²) in [5.41, 5.74) is 7.54. The molecule has 0 aliphatic carbocycles. The van der Waals surface area contributed by atoms with Gasteiger partial charge in [0.15, 0.2) is 10.3 Å². The summed E-state index contributed by atoms with van der Waals surface area (Å²) in [5.74, 6) is 2.19. The maximum absolute atomic E-state index is 11.6. The van der Waals surface area contributed by atoms with Crippen LogP contribution < -0.4 is 11.3 Å². The Kier molecular flexibility index (Phi) is 6.85. The van der Waals surface area contributed by atoms with Crippen LogP contribution in [-0.2, 0) is 5.75 Å². The molecule has 4 rings (SSSR count). The highest BCUT2D eigenvalue weighted by Gasteiger charge is 2.15. The standard InChI is InChI=1S/C22H20N6OS2/c23-18-14-20(29)25-21(24-18)31-15-19-26-27-22(28(19)17-11-5-2-6-12-17)30-13-7-10-16-8-3-1-4-9-16/h1-12,14H,13,15H2,(H3,23,24,25,29)/b10-7+. The summed E-state index contributed by atoms with van der Waals surface area (Å²) >= 11 is 2.96. The van der Waals surface area contributed by atoms with Crippen molar-refractivity contribution in [3.8, 4) is 5.69 Å². The molecule has 0 aliphatic rings. The number of thioether (sulfide) groups is 2. The van der Waals surface area contributed by atoms with Gasteiger partial charge in [-0.25, -0.2) is 4.98 Å². The lowest BCUT2D eigenvalue weighted by Gasteiger charge is -2.09. The van der Waals surface area contributed by atoms with Gasteiger partial charge in [-0.15, -0.1) is 10.2 Å². The number of aromatic amines is 1. The number of nitrogen functional groups attached to an aromatic ring is 1. The zero-order chi connectivity index (χ0) is 21.5. The Bertz CT molecular complexity index is 1220. The average Bonchev–Trinajstić information content (AvgIpc) is 3.19. The van der Waals surface area contributed by atoms with Gasteiger partial charge in [0.25, 0.3) is 5.56 Å². The van der Waals surface area contributed by atoms with Crippen LogP contribution in [0.3, 0.4) is 0 Å². The van der Waals surface area contributed by atoms with Crippen LogP contribution in [0, 0.1) is 0 Å². The first-order chi connectivity index (χ1) is 15.2. The molecule has 0 saturated carbocycles. The van der Waals surface area contributed by atoms with Gasteiger partial charge in [0.1, 0.15) is 11.6 Å². The molecule has 31 heavy (non-hydrogen) atoms. The quantitative estimate of drug-likeness (QED) is 0.310. The Labute approximate surface area is 187 Å². The predicted octanol–water partition coefficient (Wildman–Crippen LogP) is 4.03. The van der Waals surface area contributed by atoms with E-state index in [0.29, 0.717) is 10.9 Å². The molecule has 0 amide bonds. The summed E-state index contributed by atoms with van der Waals surface area (Å²) in [4.78, 5) is 18.5.